The molecular formula is C20H27N3O. The lowest BCUT2D eigenvalue weighted by Crippen LogP contribution is -2.41. The molecule has 0 saturated heterocycles. The molecule has 4 nitrogen and oxygen atoms in total. The highest BCUT2D eigenvalue weighted by Gasteiger charge is 2.42. The monoisotopic (exact) mass is 325 g/mol. The quantitative estimate of drug-likeness (QED) is 0.914. The molecule has 1 N–H and O–H groups in total. The van der Waals surface area contributed by atoms with Gasteiger partial charge in [0.1, 0.15) is 12.4 Å². The van der Waals surface area contributed by atoms with E-state index in [4.69, 9.17) is 0 Å². The smallest absolute Gasteiger partial charge is 0.240 e. The number of hydrogen-bond donors (Lipinski definition) is 1. The highest BCUT2D eigenvalue weighted by Crippen LogP contribution is 2.49. The van der Waals surface area contributed by atoms with E-state index < -0.39 is 0 Å². The van der Waals surface area contributed by atoms with Crippen molar-refractivity contribution in [2.24, 2.45) is 17.8 Å². The molecule has 2 aromatic rings. The molecule has 4 heteroatoms. The molecule has 2 aliphatic carbocycles. The van der Waals surface area contributed by atoms with Crippen LogP contribution < -0.4 is 5.32 Å². The van der Waals surface area contributed by atoms with Crippen LogP contribution in [0.5, 0.6) is 0 Å². The zero-order valence-electron chi connectivity index (χ0n) is 14.7. The Balaban J connectivity index is 1.46. The van der Waals surface area contributed by atoms with E-state index >= 15 is 0 Å². The molecule has 1 aromatic carbocycles. The summed E-state index contributed by atoms with van der Waals surface area (Å²) in [4.78, 5) is 17.3. The van der Waals surface area contributed by atoms with Crippen LogP contribution in [0.25, 0.3) is 11.0 Å². The predicted octanol–water partition coefficient (Wildman–Crippen LogP) is 3.54. The number of rotatable bonds is 5. The van der Waals surface area contributed by atoms with Crippen LogP contribution in [0.2, 0.25) is 0 Å². The molecule has 2 bridgehead atoms. The first-order valence-corrected chi connectivity index (χ1v) is 9.39. The summed E-state index contributed by atoms with van der Waals surface area (Å²) in [5, 5.41) is 3.27. The maximum atomic E-state index is 12.6. The van der Waals surface area contributed by atoms with Crippen molar-refractivity contribution in [3.8, 4) is 0 Å². The molecular weight excluding hydrogens is 298 g/mol. The van der Waals surface area contributed by atoms with Crippen LogP contribution in [0.15, 0.2) is 24.3 Å². The van der Waals surface area contributed by atoms with Gasteiger partial charge in [-0.2, -0.15) is 0 Å². The van der Waals surface area contributed by atoms with Crippen molar-refractivity contribution in [3.05, 3.63) is 30.1 Å². The molecule has 0 aliphatic heterocycles. The fourth-order valence-electron chi connectivity index (χ4n) is 5.03. The number of hydrogen-bond acceptors (Lipinski definition) is 2. The highest BCUT2D eigenvalue weighted by molar-refractivity contribution is 5.81. The molecule has 4 rings (SSSR count). The Morgan fingerprint density at radius 3 is 2.88 bits per heavy atom. The number of nitrogens with zero attached hydrogens (tertiary/aromatic N) is 2. The van der Waals surface area contributed by atoms with E-state index in [0.717, 1.165) is 35.1 Å². The van der Waals surface area contributed by atoms with Crippen LogP contribution in [0.4, 0.5) is 0 Å². The first kappa shape index (κ1) is 15.7. The minimum absolute atomic E-state index is 0.114. The summed E-state index contributed by atoms with van der Waals surface area (Å²) in [7, 11) is 0. The summed E-state index contributed by atoms with van der Waals surface area (Å²) in [5.41, 5.74) is 2.03. The number of carbonyl (C=O) groups excluding carboxylic acids is 1. The summed E-state index contributed by atoms with van der Waals surface area (Å²) in [6, 6.07) is 8.36. The van der Waals surface area contributed by atoms with E-state index in [0.29, 0.717) is 12.5 Å². The van der Waals surface area contributed by atoms with Gasteiger partial charge >= 0.3 is 0 Å². The van der Waals surface area contributed by atoms with Gasteiger partial charge in [0, 0.05) is 12.5 Å². The number of imidazole rings is 1. The third kappa shape index (κ3) is 2.72. The summed E-state index contributed by atoms with van der Waals surface area (Å²) < 4.78 is 2.07. The Morgan fingerprint density at radius 1 is 1.33 bits per heavy atom. The molecule has 2 saturated carbocycles. The molecule has 24 heavy (non-hydrogen) atoms. The first-order valence-electron chi connectivity index (χ1n) is 9.39. The Bertz CT molecular complexity index is 750. The zero-order chi connectivity index (χ0) is 16.7. The Kier molecular flexibility index (Phi) is 4.07. The molecule has 0 spiro atoms. The van der Waals surface area contributed by atoms with Gasteiger partial charge in [-0.1, -0.05) is 25.5 Å². The van der Waals surface area contributed by atoms with Crippen LogP contribution in [0.1, 0.15) is 45.4 Å². The van der Waals surface area contributed by atoms with Gasteiger partial charge in [-0.25, -0.2) is 4.98 Å². The zero-order valence-corrected chi connectivity index (χ0v) is 14.7. The average Bonchev–Trinajstić information content (AvgIpc) is 3.29. The van der Waals surface area contributed by atoms with Crippen LogP contribution in [-0.4, -0.2) is 21.5 Å². The maximum absolute atomic E-state index is 12.6. The van der Waals surface area contributed by atoms with Crippen LogP contribution >= 0.6 is 0 Å². The second-order valence-corrected chi connectivity index (χ2v) is 7.65. The van der Waals surface area contributed by atoms with E-state index in [1.54, 1.807) is 0 Å². The number of para-hydroxylation sites is 2. The summed E-state index contributed by atoms with van der Waals surface area (Å²) in [6.45, 7) is 4.65. The van der Waals surface area contributed by atoms with Gasteiger partial charge in [-0.05, 0) is 56.1 Å². The number of aromatic nitrogens is 2. The van der Waals surface area contributed by atoms with E-state index in [-0.39, 0.29) is 11.9 Å². The number of benzene rings is 1. The number of carbonyl (C=O) groups is 1. The SMILES string of the molecule is CCc1nc2ccccc2n1CC(=O)NC(C)C1CC2CCC1C2. The average molecular weight is 325 g/mol. The lowest BCUT2D eigenvalue weighted by Gasteiger charge is -2.28. The maximum Gasteiger partial charge on any atom is 0.240 e. The van der Waals surface area contributed by atoms with Gasteiger partial charge in [0.15, 0.2) is 0 Å². The van der Waals surface area contributed by atoms with Gasteiger partial charge in [-0.15, -0.1) is 0 Å². The predicted molar refractivity (Wildman–Crippen MR) is 95.7 cm³/mol. The number of nitrogens with one attached hydrogen (secondary N) is 1. The lowest BCUT2D eigenvalue weighted by atomic mass is 9.84. The van der Waals surface area contributed by atoms with Crippen LogP contribution in [0, 0.1) is 17.8 Å². The van der Waals surface area contributed by atoms with Crippen molar-refractivity contribution in [2.75, 3.05) is 0 Å². The molecule has 128 valence electrons. The molecule has 0 radical (unpaired) electrons. The number of amides is 1. The van der Waals surface area contributed by atoms with Crippen molar-refractivity contribution in [2.45, 2.75) is 58.5 Å². The van der Waals surface area contributed by atoms with Gasteiger partial charge in [0.25, 0.3) is 0 Å². The minimum Gasteiger partial charge on any atom is -0.352 e. The molecule has 4 unspecified atom stereocenters. The molecule has 1 heterocycles. The van der Waals surface area contributed by atoms with Crippen LogP contribution in [0.3, 0.4) is 0 Å². The largest absolute Gasteiger partial charge is 0.352 e. The Hall–Kier alpha value is -1.84. The summed E-state index contributed by atoms with van der Waals surface area (Å²) in [5.74, 6) is 3.54. The third-order valence-corrected chi connectivity index (χ3v) is 6.18. The van der Waals surface area contributed by atoms with Gasteiger partial charge in [0.2, 0.25) is 5.91 Å². The minimum atomic E-state index is 0.114. The summed E-state index contributed by atoms with van der Waals surface area (Å²) >= 11 is 0. The highest BCUT2D eigenvalue weighted by atomic mass is 16.2. The van der Waals surface area contributed by atoms with Crippen molar-refractivity contribution >= 4 is 16.9 Å². The van der Waals surface area contributed by atoms with Gasteiger partial charge < -0.3 is 9.88 Å². The van der Waals surface area contributed by atoms with Crippen LogP contribution in [-0.2, 0) is 17.8 Å². The van der Waals surface area contributed by atoms with Gasteiger partial charge in [0.05, 0.1) is 11.0 Å². The first-order chi connectivity index (χ1) is 11.7. The van der Waals surface area contributed by atoms with Gasteiger partial charge in [-0.3, -0.25) is 4.79 Å². The number of aryl methyl sites for hydroxylation is 1. The van der Waals surface area contributed by atoms with E-state index in [1.165, 1.54) is 25.7 Å². The van der Waals surface area contributed by atoms with E-state index in [2.05, 4.69) is 28.7 Å². The van der Waals surface area contributed by atoms with E-state index in [9.17, 15) is 4.79 Å². The van der Waals surface area contributed by atoms with E-state index in [1.807, 2.05) is 24.3 Å². The second-order valence-electron chi connectivity index (χ2n) is 7.65. The number of fused-ring (bicyclic) bond motifs is 3. The Labute approximate surface area is 143 Å². The molecule has 4 atom stereocenters. The fourth-order valence-corrected chi connectivity index (χ4v) is 5.03. The molecule has 1 aromatic heterocycles. The summed E-state index contributed by atoms with van der Waals surface area (Å²) in [6.07, 6.45) is 6.30. The van der Waals surface area contributed by atoms with Crippen molar-refractivity contribution < 1.29 is 4.79 Å². The third-order valence-electron chi connectivity index (χ3n) is 6.18. The fraction of sp³-hybridized carbons (Fsp3) is 0.600. The lowest BCUT2D eigenvalue weighted by molar-refractivity contribution is -0.122. The topological polar surface area (TPSA) is 46.9 Å². The Morgan fingerprint density at radius 2 is 2.17 bits per heavy atom. The van der Waals surface area contributed by atoms with Crippen molar-refractivity contribution in [1.82, 2.24) is 14.9 Å². The normalized spacial score (nSPS) is 26.8. The molecule has 2 fully saturated rings. The standard InChI is InChI=1S/C20H27N3O/c1-3-19-22-17-6-4-5-7-18(17)23(19)12-20(24)21-13(2)16-11-14-8-9-15(16)10-14/h4-7,13-16H,3,8-12H2,1-2H3,(H,21,24). The molecule has 1 amide bonds. The van der Waals surface area contributed by atoms with Crippen molar-refractivity contribution in [1.29, 1.82) is 0 Å². The molecule has 2 aliphatic rings. The van der Waals surface area contributed by atoms with Crippen molar-refractivity contribution in [3.63, 3.8) is 0 Å². The second kappa shape index (κ2) is 6.23.